The molecule has 0 radical (unpaired) electrons. The number of primary amides is 1. The number of hydrogen-bond acceptors (Lipinski definition) is 7. The first kappa shape index (κ1) is 33.7. The lowest BCUT2D eigenvalue weighted by Gasteiger charge is -2.19. The van der Waals surface area contributed by atoms with Crippen molar-refractivity contribution in [1.82, 2.24) is 14.8 Å². The van der Waals surface area contributed by atoms with Gasteiger partial charge in [0, 0.05) is 6.20 Å². The Labute approximate surface area is 267 Å². The molecule has 0 aliphatic carbocycles. The number of aromatic nitrogens is 3. The molecular weight excluding hydrogens is 639 g/mol. The number of amides is 1. The number of carbonyl (C=O) groups excluding carboxylic acids is 1. The largest absolute Gasteiger partial charge is 0.475 e. The maximum Gasteiger partial charge on any atom is 0.475 e. The van der Waals surface area contributed by atoms with E-state index in [1.807, 2.05) is 12.1 Å². The highest BCUT2D eigenvalue weighted by molar-refractivity contribution is 7.48. The zero-order valence-corrected chi connectivity index (χ0v) is 25.9. The van der Waals surface area contributed by atoms with Crippen molar-refractivity contribution in [3.05, 3.63) is 148 Å². The molecule has 5 aromatic rings. The molecule has 3 aromatic carbocycles. The summed E-state index contributed by atoms with van der Waals surface area (Å²) in [5, 5.41) is 4.39. The molecule has 9 nitrogen and oxygen atoms in total. The van der Waals surface area contributed by atoms with Crippen LogP contribution in [0, 0.1) is 12.7 Å². The zero-order valence-electron chi connectivity index (χ0n) is 25.0. The van der Waals surface area contributed by atoms with E-state index in [1.165, 1.54) is 23.9 Å². The van der Waals surface area contributed by atoms with Crippen LogP contribution in [0.4, 0.5) is 17.6 Å². The lowest BCUT2D eigenvalue weighted by molar-refractivity contribution is -0.137. The van der Waals surface area contributed by atoms with Crippen LogP contribution in [-0.2, 0) is 50.6 Å². The van der Waals surface area contributed by atoms with E-state index in [4.69, 9.17) is 19.3 Å². The molecule has 5 rings (SSSR count). The fourth-order valence-electron chi connectivity index (χ4n) is 4.76. The van der Waals surface area contributed by atoms with Gasteiger partial charge in [-0.1, -0.05) is 60.7 Å². The Bertz CT molecular complexity index is 1860. The minimum Gasteiger partial charge on any atom is -0.365 e. The number of pyridine rings is 1. The van der Waals surface area contributed by atoms with Crippen LogP contribution >= 0.6 is 7.82 Å². The van der Waals surface area contributed by atoms with Crippen LogP contribution < -0.4 is 5.73 Å². The molecule has 14 heteroatoms. The lowest BCUT2D eigenvalue weighted by Crippen LogP contribution is -2.16. The van der Waals surface area contributed by atoms with E-state index in [-0.39, 0.29) is 48.0 Å². The molecule has 47 heavy (non-hydrogen) atoms. The predicted molar refractivity (Wildman–Crippen MR) is 164 cm³/mol. The molecule has 1 amide bonds. The van der Waals surface area contributed by atoms with Gasteiger partial charge in [-0.25, -0.2) is 18.6 Å². The van der Waals surface area contributed by atoms with Gasteiger partial charge in [0.25, 0.3) is 5.91 Å². The Morgan fingerprint density at radius 2 is 1.43 bits per heavy atom. The van der Waals surface area contributed by atoms with Gasteiger partial charge in [0.1, 0.15) is 12.4 Å². The van der Waals surface area contributed by atoms with Crippen LogP contribution in [0.25, 0.3) is 5.82 Å². The maximum atomic E-state index is 14.0. The Morgan fingerprint density at radius 3 is 2.00 bits per heavy atom. The SMILES string of the molecule is Cc1nn(-c2cc(Cc3cc(F)cc(C(F)(F)F)c3)ccn2)c(COP(=O)(OCc2ccccc2)OCc2ccccc2)c1C(N)=O. The normalized spacial score (nSPS) is 11.9. The van der Waals surface area contributed by atoms with Crippen molar-refractivity contribution in [2.45, 2.75) is 39.3 Å². The summed E-state index contributed by atoms with van der Waals surface area (Å²) in [7, 11) is -4.29. The molecule has 2 aromatic heterocycles. The summed E-state index contributed by atoms with van der Waals surface area (Å²) < 4.78 is 86.2. The van der Waals surface area contributed by atoms with Crippen molar-refractivity contribution in [3.8, 4) is 5.82 Å². The topological polar surface area (TPSA) is 119 Å². The average molecular weight is 669 g/mol. The summed E-state index contributed by atoms with van der Waals surface area (Å²) in [6, 6.07) is 23.3. The first-order chi connectivity index (χ1) is 22.4. The van der Waals surface area contributed by atoms with E-state index in [0.29, 0.717) is 22.8 Å². The van der Waals surface area contributed by atoms with E-state index in [2.05, 4.69) is 10.1 Å². The van der Waals surface area contributed by atoms with E-state index in [9.17, 15) is 26.9 Å². The smallest absolute Gasteiger partial charge is 0.365 e. The van der Waals surface area contributed by atoms with Crippen LogP contribution in [-0.4, -0.2) is 20.7 Å². The van der Waals surface area contributed by atoms with Gasteiger partial charge in [-0.3, -0.25) is 18.4 Å². The summed E-state index contributed by atoms with van der Waals surface area (Å²) in [6.45, 7) is 0.818. The molecule has 244 valence electrons. The molecule has 0 atom stereocenters. The van der Waals surface area contributed by atoms with E-state index in [0.717, 1.165) is 12.1 Å². The Kier molecular flexibility index (Phi) is 10.3. The number of rotatable bonds is 13. The van der Waals surface area contributed by atoms with Crippen molar-refractivity contribution in [1.29, 1.82) is 0 Å². The van der Waals surface area contributed by atoms with Crippen molar-refractivity contribution in [3.63, 3.8) is 0 Å². The number of nitrogens with zero attached hydrogens (tertiary/aromatic N) is 3. The first-order valence-electron chi connectivity index (χ1n) is 14.2. The second kappa shape index (κ2) is 14.4. The molecule has 0 saturated carbocycles. The third-order valence-corrected chi connectivity index (χ3v) is 8.28. The molecule has 0 unspecified atom stereocenters. The highest BCUT2D eigenvalue weighted by Crippen LogP contribution is 2.52. The highest BCUT2D eigenvalue weighted by atomic mass is 31.2. The van der Waals surface area contributed by atoms with Crippen LogP contribution in [0.1, 0.15) is 49.6 Å². The minimum absolute atomic E-state index is 0.0187. The molecule has 0 saturated heterocycles. The number of benzene rings is 3. The van der Waals surface area contributed by atoms with Crippen molar-refractivity contribution >= 4 is 13.7 Å². The number of aryl methyl sites for hydroxylation is 1. The molecule has 0 spiro atoms. The lowest BCUT2D eigenvalue weighted by atomic mass is 10.0. The molecule has 0 bridgehead atoms. The Hall–Kier alpha value is -4.68. The number of carbonyl (C=O) groups is 1. The molecule has 2 N–H and O–H groups in total. The van der Waals surface area contributed by atoms with E-state index < -0.39 is 37.9 Å². The van der Waals surface area contributed by atoms with Gasteiger partial charge < -0.3 is 5.73 Å². The molecule has 0 aliphatic rings. The fourth-order valence-corrected chi connectivity index (χ4v) is 5.88. The Morgan fingerprint density at radius 1 is 0.830 bits per heavy atom. The van der Waals surface area contributed by atoms with E-state index in [1.54, 1.807) is 54.6 Å². The third kappa shape index (κ3) is 8.78. The number of alkyl halides is 3. The van der Waals surface area contributed by atoms with Crippen LogP contribution in [0.2, 0.25) is 0 Å². The predicted octanol–water partition coefficient (Wildman–Crippen LogP) is 7.48. The monoisotopic (exact) mass is 668 g/mol. The molecular formula is C33H29F4N4O5P. The van der Waals surface area contributed by atoms with Gasteiger partial charge in [-0.05, 0) is 65.9 Å². The Balaban J connectivity index is 1.43. The summed E-state index contributed by atoms with van der Waals surface area (Å²) in [5.74, 6) is -1.71. The third-order valence-electron chi connectivity index (χ3n) is 6.95. The van der Waals surface area contributed by atoms with Crippen LogP contribution in [0.15, 0.2) is 97.2 Å². The summed E-state index contributed by atoms with van der Waals surface area (Å²) in [6.07, 6.45) is -3.40. The average Bonchev–Trinajstić information content (AvgIpc) is 3.38. The van der Waals surface area contributed by atoms with Crippen LogP contribution in [0.5, 0.6) is 0 Å². The summed E-state index contributed by atoms with van der Waals surface area (Å²) in [5.41, 5.74) is 6.82. The van der Waals surface area contributed by atoms with Crippen molar-refractivity contribution in [2.24, 2.45) is 5.73 Å². The number of nitrogens with two attached hydrogens (primary N) is 1. The zero-order chi connectivity index (χ0) is 33.6. The summed E-state index contributed by atoms with van der Waals surface area (Å²) in [4.78, 5) is 16.8. The number of hydrogen-bond donors (Lipinski definition) is 1. The molecule has 0 aliphatic heterocycles. The number of phosphoric acid groups is 1. The van der Waals surface area contributed by atoms with Gasteiger partial charge in [-0.2, -0.15) is 18.3 Å². The minimum atomic E-state index is -4.72. The second-order valence-electron chi connectivity index (χ2n) is 10.5. The highest BCUT2D eigenvalue weighted by Gasteiger charge is 2.32. The maximum absolute atomic E-state index is 14.0. The van der Waals surface area contributed by atoms with Gasteiger partial charge in [-0.15, -0.1) is 0 Å². The fraction of sp³-hybridized carbons (Fsp3) is 0.182. The van der Waals surface area contributed by atoms with Gasteiger partial charge in [0.2, 0.25) is 0 Å². The standard InChI is InChI=1S/C33H29F4N4O5P/c1-22-31(32(38)42)29(21-46-47(43,44-19-23-8-4-2-5-9-23)45-20-24-10-6-3-7-11-24)41(40-22)30-17-25(12-13-39-30)14-26-15-27(33(35,36)37)18-28(34)16-26/h2-13,15-18H,14,19-21H2,1H3,(H2,38,42). The van der Waals surface area contributed by atoms with Gasteiger partial charge >= 0.3 is 14.0 Å². The molecule has 0 fully saturated rings. The van der Waals surface area contributed by atoms with Crippen LogP contribution in [0.3, 0.4) is 0 Å². The first-order valence-corrected chi connectivity index (χ1v) is 15.7. The number of halogens is 4. The second-order valence-corrected chi connectivity index (χ2v) is 12.1. The van der Waals surface area contributed by atoms with Crippen molar-refractivity contribution < 1.29 is 40.5 Å². The quantitative estimate of drug-likeness (QED) is 0.102. The number of phosphoric ester groups is 1. The van der Waals surface area contributed by atoms with Gasteiger partial charge in [0.15, 0.2) is 5.82 Å². The van der Waals surface area contributed by atoms with Gasteiger partial charge in [0.05, 0.1) is 35.7 Å². The molecule has 2 heterocycles. The summed E-state index contributed by atoms with van der Waals surface area (Å²) >= 11 is 0. The van der Waals surface area contributed by atoms with Crippen molar-refractivity contribution in [2.75, 3.05) is 0 Å². The van der Waals surface area contributed by atoms with E-state index >= 15 is 0 Å².